The Labute approximate surface area is 142 Å². The van der Waals surface area contributed by atoms with Gasteiger partial charge in [0.1, 0.15) is 17.3 Å². The summed E-state index contributed by atoms with van der Waals surface area (Å²) in [5.41, 5.74) is 0.0413. The number of methoxy groups -OCH3 is 1. The lowest BCUT2D eigenvalue weighted by Gasteiger charge is -2.21. The molecular weight excluding hydrogens is 333 g/mol. The number of nitrogens with zero attached hydrogens (tertiary/aromatic N) is 2. The number of phenols is 1. The zero-order valence-electron chi connectivity index (χ0n) is 13.5. The van der Waals surface area contributed by atoms with Crippen LogP contribution in [-0.2, 0) is 6.18 Å². The molecule has 0 aliphatic carbocycles. The summed E-state index contributed by atoms with van der Waals surface area (Å²) in [4.78, 5) is 5.86. The van der Waals surface area contributed by atoms with Crippen LogP contribution < -0.4 is 9.64 Å². The average molecular weight is 348 g/mol. The second-order valence-electron chi connectivity index (χ2n) is 5.48. The van der Waals surface area contributed by atoms with Crippen LogP contribution in [0.3, 0.4) is 0 Å². The molecule has 0 saturated carbocycles. The molecule has 2 aromatic carbocycles. The number of benzene rings is 2. The summed E-state index contributed by atoms with van der Waals surface area (Å²) in [7, 11) is 3.01. The van der Waals surface area contributed by atoms with E-state index in [1.165, 1.54) is 36.3 Å². The van der Waals surface area contributed by atoms with Gasteiger partial charge in [-0.25, -0.2) is 4.98 Å². The Morgan fingerprint density at radius 2 is 1.72 bits per heavy atom. The molecule has 4 nitrogen and oxygen atoms in total. The molecule has 0 aliphatic heterocycles. The van der Waals surface area contributed by atoms with E-state index in [1.807, 2.05) is 0 Å². The molecule has 0 saturated heterocycles. The van der Waals surface area contributed by atoms with E-state index in [0.717, 1.165) is 6.07 Å². The maximum Gasteiger partial charge on any atom is 0.417 e. The zero-order valence-corrected chi connectivity index (χ0v) is 13.5. The summed E-state index contributed by atoms with van der Waals surface area (Å²) in [6.45, 7) is 0. The molecule has 0 amide bonds. The third kappa shape index (κ3) is 3.31. The second kappa shape index (κ2) is 6.16. The van der Waals surface area contributed by atoms with Crippen molar-refractivity contribution in [3.05, 3.63) is 54.1 Å². The Hall–Kier alpha value is -2.96. The average Bonchev–Trinajstić information content (AvgIpc) is 2.59. The van der Waals surface area contributed by atoms with Crippen molar-refractivity contribution in [3.8, 4) is 11.5 Å². The molecule has 0 spiro atoms. The maximum absolute atomic E-state index is 13.5. The summed E-state index contributed by atoms with van der Waals surface area (Å²) in [5.74, 6) is 0.557. The van der Waals surface area contributed by atoms with Crippen LogP contribution >= 0.6 is 0 Å². The van der Waals surface area contributed by atoms with Crippen molar-refractivity contribution in [2.45, 2.75) is 6.18 Å². The van der Waals surface area contributed by atoms with Gasteiger partial charge in [0.2, 0.25) is 0 Å². The number of aromatic nitrogens is 1. The number of rotatable bonds is 3. The van der Waals surface area contributed by atoms with Gasteiger partial charge in [0, 0.05) is 18.1 Å². The molecule has 130 valence electrons. The van der Waals surface area contributed by atoms with Crippen LogP contribution in [0.5, 0.6) is 11.5 Å². The number of hydrogen-bond donors (Lipinski definition) is 1. The van der Waals surface area contributed by atoms with E-state index in [2.05, 4.69) is 4.98 Å². The van der Waals surface area contributed by atoms with Gasteiger partial charge in [0.05, 0.1) is 18.2 Å². The van der Waals surface area contributed by atoms with Gasteiger partial charge in [-0.15, -0.1) is 0 Å². The van der Waals surface area contributed by atoms with Crippen molar-refractivity contribution in [3.63, 3.8) is 0 Å². The molecule has 0 atom stereocenters. The quantitative estimate of drug-likeness (QED) is 0.743. The number of pyridine rings is 1. The van der Waals surface area contributed by atoms with Crippen molar-refractivity contribution < 1.29 is 23.0 Å². The number of aromatic hydroxyl groups is 1. The molecule has 0 unspecified atom stereocenters. The van der Waals surface area contributed by atoms with Gasteiger partial charge < -0.3 is 14.7 Å². The number of fused-ring (bicyclic) bond motifs is 1. The fraction of sp³-hybridized carbons (Fsp3) is 0.167. The molecule has 3 aromatic rings. The third-order valence-corrected chi connectivity index (χ3v) is 3.89. The summed E-state index contributed by atoms with van der Waals surface area (Å²) in [6.07, 6.45) is -4.53. The van der Waals surface area contributed by atoms with Crippen molar-refractivity contribution in [2.75, 3.05) is 19.1 Å². The Balaban J connectivity index is 2.18. The van der Waals surface area contributed by atoms with E-state index in [-0.39, 0.29) is 22.5 Å². The van der Waals surface area contributed by atoms with Crippen molar-refractivity contribution >= 4 is 22.4 Å². The van der Waals surface area contributed by atoms with Crippen molar-refractivity contribution in [1.29, 1.82) is 0 Å². The molecular formula is C18H15F3N2O2. The molecule has 0 radical (unpaired) electrons. The number of ether oxygens (including phenoxy) is 1. The topological polar surface area (TPSA) is 45.6 Å². The first kappa shape index (κ1) is 16.9. The van der Waals surface area contributed by atoms with Gasteiger partial charge >= 0.3 is 6.18 Å². The number of anilines is 2. The number of phenolic OH excluding ortho intramolecular Hbond substituents is 1. The van der Waals surface area contributed by atoms with E-state index in [0.29, 0.717) is 11.4 Å². The van der Waals surface area contributed by atoms with Gasteiger partial charge in [-0.1, -0.05) is 0 Å². The van der Waals surface area contributed by atoms with Crippen LogP contribution in [0, 0.1) is 0 Å². The Kier molecular flexibility index (Phi) is 4.16. The molecule has 0 bridgehead atoms. The largest absolute Gasteiger partial charge is 0.508 e. The fourth-order valence-electron chi connectivity index (χ4n) is 2.53. The van der Waals surface area contributed by atoms with Gasteiger partial charge in [-0.3, -0.25) is 0 Å². The highest BCUT2D eigenvalue weighted by Crippen LogP contribution is 2.38. The van der Waals surface area contributed by atoms with E-state index < -0.39 is 11.7 Å². The van der Waals surface area contributed by atoms with Crippen LogP contribution in [0.4, 0.5) is 24.7 Å². The van der Waals surface area contributed by atoms with E-state index in [9.17, 15) is 18.3 Å². The highest BCUT2D eigenvalue weighted by Gasteiger charge is 2.34. The van der Waals surface area contributed by atoms with E-state index in [1.54, 1.807) is 25.2 Å². The van der Waals surface area contributed by atoms with Gasteiger partial charge in [0.25, 0.3) is 0 Å². The predicted molar refractivity (Wildman–Crippen MR) is 89.5 cm³/mol. The molecule has 0 aliphatic rings. The predicted octanol–water partition coefficient (Wildman–Crippen LogP) is 4.74. The molecule has 1 aromatic heterocycles. The van der Waals surface area contributed by atoms with Crippen LogP contribution in [0.1, 0.15) is 5.56 Å². The first-order valence-electron chi connectivity index (χ1n) is 7.38. The smallest absolute Gasteiger partial charge is 0.417 e. The lowest BCUT2D eigenvalue weighted by Crippen LogP contribution is -2.14. The van der Waals surface area contributed by atoms with Crippen molar-refractivity contribution in [1.82, 2.24) is 4.98 Å². The lowest BCUT2D eigenvalue weighted by molar-refractivity contribution is -0.136. The summed E-state index contributed by atoms with van der Waals surface area (Å²) in [5, 5.41) is 9.34. The minimum absolute atomic E-state index is 0.0188. The van der Waals surface area contributed by atoms with Gasteiger partial charge in [0.15, 0.2) is 0 Å². The minimum Gasteiger partial charge on any atom is -0.508 e. The normalized spacial score (nSPS) is 11.6. The monoisotopic (exact) mass is 348 g/mol. The summed E-state index contributed by atoms with van der Waals surface area (Å²) >= 11 is 0. The molecule has 7 heteroatoms. The first-order valence-corrected chi connectivity index (χ1v) is 7.38. The minimum atomic E-state index is -4.53. The van der Waals surface area contributed by atoms with Crippen LogP contribution in [0.2, 0.25) is 0 Å². The Morgan fingerprint density at radius 1 is 1.04 bits per heavy atom. The Bertz CT molecular complexity index is 909. The molecule has 3 rings (SSSR count). The van der Waals surface area contributed by atoms with Crippen LogP contribution in [0.25, 0.3) is 10.9 Å². The van der Waals surface area contributed by atoms with Gasteiger partial charge in [-0.2, -0.15) is 13.2 Å². The van der Waals surface area contributed by atoms with Crippen LogP contribution in [-0.4, -0.2) is 24.2 Å². The summed E-state index contributed by atoms with van der Waals surface area (Å²) < 4.78 is 45.6. The first-order chi connectivity index (χ1) is 11.8. The number of halogens is 3. The highest BCUT2D eigenvalue weighted by atomic mass is 19.4. The fourth-order valence-corrected chi connectivity index (χ4v) is 2.53. The molecule has 0 fully saturated rings. The second-order valence-corrected chi connectivity index (χ2v) is 5.48. The lowest BCUT2D eigenvalue weighted by atomic mass is 10.1. The third-order valence-electron chi connectivity index (χ3n) is 3.89. The Morgan fingerprint density at radius 3 is 2.32 bits per heavy atom. The zero-order chi connectivity index (χ0) is 18.2. The van der Waals surface area contributed by atoms with E-state index >= 15 is 0 Å². The summed E-state index contributed by atoms with van der Waals surface area (Å²) in [6, 6.07) is 11.5. The SMILES string of the molecule is COc1ccc2nc(N(C)c3ccc(O)cc3)cc(C(F)(F)F)c2c1. The maximum atomic E-state index is 13.5. The van der Waals surface area contributed by atoms with E-state index in [4.69, 9.17) is 4.74 Å². The molecule has 1 N–H and O–H groups in total. The van der Waals surface area contributed by atoms with Crippen LogP contribution in [0.15, 0.2) is 48.5 Å². The molecule has 1 heterocycles. The molecule has 25 heavy (non-hydrogen) atoms. The highest BCUT2D eigenvalue weighted by molar-refractivity contribution is 5.86. The standard InChI is InChI=1S/C18H15F3N2O2/c1-23(11-3-5-12(24)6-4-11)17-10-15(18(19,20)21)14-9-13(25-2)7-8-16(14)22-17/h3-10,24H,1-2H3. The number of alkyl halides is 3. The van der Waals surface area contributed by atoms with Crippen molar-refractivity contribution in [2.24, 2.45) is 0 Å². The number of hydrogen-bond acceptors (Lipinski definition) is 4. The van der Waals surface area contributed by atoms with Gasteiger partial charge in [-0.05, 0) is 48.5 Å².